The third kappa shape index (κ3) is 1.90. The van der Waals surface area contributed by atoms with Crippen LogP contribution in [0.3, 0.4) is 0 Å². The topological polar surface area (TPSA) is 51.6 Å². The average Bonchev–Trinajstić information content (AvgIpc) is 2.56. The highest BCUT2D eigenvalue weighted by Crippen LogP contribution is 2.26. The fourth-order valence-corrected chi connectivity index (χ4v) is 2.45. The SMILES string of the molecule is Cc1cc(-c2nnc(I)s2)c(C)nn1. The molecule has 0 aliphatic rings. The summed E-state index contributed by atoms with van der Waals surface area (Å²) in [6.45, 7) is 3.85. The summed E-state index contributed by atoms with van der Waals surface area (Å²) in [5.41, 5.74) is 2.82. The molecule has 2 heterocycles. The van der Waals surface area contributed by atoms with Gasteiger partial charge in [0, 0.05) is 5.56 Å². The number of nitrogens with zero attached hydrogens (tertiary/aromatic N) is 4. The predicted octanol–water partition coefficient (Wildman–Crippen LogP) is 2.22. The van der Waals surface area contributed by atoms with E-state index in [0.717, 1.165) is 25.0 Å². The summed E-state index contributed by atoms with van der Waals surface area (Å²) in [4.78, 5) is 0. The van der Waals surface area contributed by atoms with E-state index in [2.05, 4.69) is 43.0 Å². The molecule has 4 nitrogen and oxygen atoms in total. The molecule has 0 saturated carbocycles. The summed E-state index contributed by atoms with van der Waals surface area (Å²) in [5.74, 6) is 0. The van der Waals surface area contributed by atoms with Gasteiger partial charge in [-0.1, -0.05) is 11.3 Å². The maximum absolute atomic E-state index is 4.08. The Bertz CT molecular complexity index is 468. The number of hydrogen-bond donors (Lipinski definition) is 0. The molecule has 0 fully saturated rings. The first kappa shape index (κ1) is 9.91. The Balaban J connectivity index is 2.55. The van der Waals surface area contributed by atoms with Gasteiger partial charge in [0.2, 0.25) is 0 Å². The predicted molar refractivity (Wildman–Crippen MR) is 63.1 cm³/mol. The standard InChI is InChI=1S/C8H7IN4S/c1-4-3-6(5(2)11-10-4)7-12-13-8(9)14-7/h3H,1-2H3. The molecule has 0 amide bonds. The lowest BCUT2D eigenvalue weighted by Gasteiger charge is -1.99. The van der Waals surface area contributed by atoms with E-state index in [1.165, 1.54) is 0 Å². The minimum Gasteiger partial charge on any atom is -0.156 e. The lowest BCUT2D eigenvalue weighted by molar-refractivity contribution is 0.940. The second-order valence-corrected chi connectivity index (χ2v) is 5.58. The van der Waals surface area contributed by atoms with Crippen molar-refractivity contribution in [2.24, 2.45) is 0 Å². The summed E-state index contributed by atoms with van der Waals surface area (Å²) >= 11 is 3.72. The molecule has 0 radical (unpaired) electrons. The number of rotatable bonds is 1. The molecule has 0 aliphatic heterocycles. The number of aromatic nitrogens is 4. The van der Waals surface area contributed by atoms with Crippen LogP contribution in [0, 0.1) is 16.9 Å². The Labute approximate surface area is 98.9 Å². The zero-order chi connectivity index (χ0) is 10.1. The first-order chi connectivity index (χ1) is 6.66. The van der Waals surface area contributed by atoms with Gasteiger partial charge >= 0.3 is 0 Å². The van der Waals surface area contributed by atoms with Crippen LogP contribution in [0.1, 0.15) is 11.4 Å². The fraction of sp³-hybridized carbons (Fsp3) is 0.250. The Morgan fingerprint density at radius 2 is 1.93 bits per heavy atom. The second kappa shape index (κ2) is 3.85. The summed E-state index contributed by atoms with van der Waals surface area (Å²) in [5, 5.41) is 17.0. The summed E-state index contributed by atoms with van der Waals surface area (Å²) in [7, 11) is 0. The molecule has 72 valence electrons. The maximum atomic E-state index is 4.08. The van der Waals surface area contributed by atoms with Gasteiger partial charge in [0.25, 0.3) is 0 Å². The van der Waals surface area contributed by atoms with Crippen LogP contribution in [0.15, 0.2) is 6.07 Å². The van der Waals surface area contributed by atoms with Crippen molar-refractivity contribution in [3.8, 4) is 10.6 Å². The van der Waals surface area contributed by atoms with Gasteiger partial charge in [-0.25, -0.2) is 0 Å². The van der Waals surface area contributed by atoms with Crippen molar-refractivity contribution >= 4 is 33.9 Å². The van der Waals surface area contributed by atoms with Crippen LogP contribution >= 0.6 is 33.9 Å². The van der Waals surface area contributed by atoms with Gasteiger partial charge in [-0.15, -0.1) is 10.2 Å². The van der Waals surface area contributed by atoms with Crippen molar-refractivity contribution in [3.05, 3.63) is 20.5 Å². The van der Waals surface area contributed by atoms with Crippen molar-refractivity contribution in [1.29, 1.82) is 0 Å². The van der Waals surface area contributed by atoms with Crippen molar-refractivity contribution in [2.45, 2.75) is 13.8 Å². The van der Waals surface area contributed by atoms with E-state index in [-0.39, 0.29) is 0 Å². The smallest absolute Gasteiger partial charge is 0.156 e. The maximum Gasteiger partial charge on any atom is 0.178 e. The largest absolute Gasteiger partial charge is 0.178 e. The molecule has 0 saturated heterocycles. The Morgan fingerprint density at radius 1 is 1.14 bits per heavy atom. The van der Waals surface area contributed by atoms with Crippen molar-refractivity contribution in [2.75, 3.05) is 0 Å². The molecule has 14 heavy (non-hydrogen) atoms. The second-order valence-electron chi connectivity index (χ2n) is 2.84. The number of halogens is 1. The van der Waals surface area contributed by atoms with E-state index < -0.39 is 0 Å². The molecule has 0 spiro atoms. The molecule has 0 aliphatic carbocycles. The molecule has 0 bridgehead atoms. The van der Waals surface area contributed by atoms with E-state index in [1.54, 1.807) is 11.3 Å². The molecule has 0 atom stereocenters. The highest BCUT2D eigenvalue weighted by Gasteiger charge is 2.09. The van der Waals surface area contributed by atoms with E-state index >= 15 is 0 Å². The summed E-state index contributed by atoms with van der Waals surface area (Å²) in [6, 6.07) is 1.99. The van der Waals surface area contributed by atoms with E-state index in [9.17, 15) is 0 Å². The molecule has 0 N–H and O–H groups in total. The molecule has 0 unspecified atom stereocenters. The van der Waals surface area contributed by atoms with Crippen molar-refractivity contribution in [3.63, 3.8) is 0 Å². The fourth-order valence-electron chi connectivity index (χ4n) is 1.08. The molecule has 2 aromatic rings. The Morgan fingerprint density at radius 3 is 2.57 bits per heavy atom. The zero-order valence-corrected chi connectivity index (χ0v) is 10.6. The number of aryl methyl sites for hydroxylation is 2. The Kier molecular flexibility index (Phi) is 2.73. The summed E-state index contributed by atoms with van der Waals surface area (Å²) in [6.07, 6.45) is 0. The van der Waals surface area contributed by atoms with E-state index in [1.807, 2.05) is 19.9 Å². The molecule has 0 aromatic carbocycles. The number of hydrogen-bond acceptors (Lipinski definition) is 5. The van der Waals surface area contributed by atoms with Crippen LogP contribution in [0.4, 0.5) is 0 Å². The lowest BCUT2D eigenvalue weighted by atomic mass is 10.2. The minimum atomic E-state index is 0.892. The highest BCUT2D eigenvalue weighted by atomic mass is 127. The van der Waals surface area contributed by atoms with Gasteiger partial charge in [-0.05, 0) is 42.5 Å². The van der Waals surface area contributed by atoms with Crippen LogP contribution < -0.4 is 0 Å². The van der Waals surface area contributed by atoms with Crippen LogP contribution in [-0.2, 0) is 0 Å². The molecule has 2 rings (SSSR count). The Hall–Kier alpha value is -0.630. The molecular formula is C8H7IN4S. The molecular weight excluding hydrogens is 311 g/mol. The van der Waals surface area contributed by atoms with Crippen LogP contribution in [0.5, 0.6) is 0 Å². The molecule has 2 aromatic heterocycles. The van der Waals surface area contributed by atoms with Crippen LogP contribution in [0.2, 0.25) is 0 Å². The average molecular weight is 318 g/mol. The highest BCUT2D eigenvalue weighted by molar-refractivity contribution is 14.1. The lowest BCUT2D eigenvalue weighted by Crippen LogP contribution is -1.93. The van der Waals surface area contributed by atoms with Crippen molar-refractivity contribution < 1.29 is 0 Å². The van der Waals surface area contributed by atoms with Gasteiger partial charge in [0.05, 0.1) is 11.4 Å². The van der Waals surface area contributed by atoms with Crippen molar-refractivity contribution in [1.82, 2.24) is 20.4 Å². The van der Waals surface area contributed by atoms with Crippen LogP contribution in [0.25, 0.3) is 10.6 Å². The normalized spacial score (nSPS) is 10.5. The summed E-state index contributed by atoms with van der Waals surface area (Å²) < 4.78 is 0.937. The van der Waals surface area contributed by atoms with Crippen LogP contribution in [-0.4, -0.2) is 20.4 Å². The third-order valence-electron chi connectivity index (χ3n) is 1.73. The van der Waals surface area contributed by atoms with E-state index in [0.29, 0.717) is 0 Å². The molecule has 6 heteroatoms. The third-order valence-corrected chi connectivity index (χ3v) is 3.35. The first-order valence-electron chi connectivity index (χ1n) is 3.97. The van der Waals surface area contributed by atoms with E-state index in [4.69, 9.17) is 0 Å². The minimum absolute atomic E-state index is 0.892. The van der Waals surface area contributed by atoms with Gasteiger partial charge in [0.1, 0.15) is 5.01 Å². The first-order valence-corrected chi connectivity index (χ1v) is 5.86. The monoisotopic (exact) mass is 318 g/mol. The van der Waals surface area contributed by atoms with Gasteiger partial charge < -0.3 is 0 Å². The van der Waals surface area contributed by atoms with Gasteiger partial charge in [-0.2, -0.15) is 10.2 Å². The quantitative estimate of drug-likeness (QED) is 0.757. The van der Waals surface area contributed by atoms with Gasteiger partial charge in [0.15, 0.2) is 3.01 Å². The van der Waals surface area contributed by atoms with Gasteiger partial charge in [-0.3, -0.25) is 0 Å². The zero-order valence-electron chi connectivity index (χ0n) is 7.65.